The monoisotopic (exact) mass is 288 g/mol. The van der Waals surface area contributed by atoms with Gasteiger partial charge in [0, 0.05) is 22.2 Å². The molecule has 3 rings (SSSR count). The summed E-state index contributed by atoms with van der Waals surface area (Å²) in [5.74, 6) is -0.932. The van der Waals surface area contributed by atoms with E-state index in [1.807, 2.05) is 6.07 Å². The van der Waals surface area contributed by atoms with E-state index in [4.69, 9.17) is 5.73 Å². The minimum absolute atomic E-state index is 0.224. The molecule has 2 nitrogen and oxygen atoms in total. The quantitative estimate of drug-likeness (QED) is 0.717. The van der Waals surface area contributed by atoms with E-state index in [0.29, 0.717) is 11.2 Å². The standard InChI is InChI=1S/C15H10F2N2S/c16-9-3-4-11(17)14(8-9)20-13-6-5-12(18)10-2-1-7-19-15(10)13/h1-8H,18H2. The highest BCUT2D eigenvalue weighted by atomic mass is 32.2. The molecule has 5 heteroatoms. The minimum atomic E-state index is -0.471. The number of benzene rings is 2. The number of hydrogen-bond acceptors (Lipinski definition) is 3. The van der Waals surface area contributed by atoms with Crippen LogP contribution in [0.2, 0.25) is 0 Å². The van der Waals surface area contributed by atoms with Gasteiger partial charge in [-0.05, 0) is 42.5 Å². The maximum Gasteiger partial charge on any atom is 0.137 e. The van der Waals surface area contributed by atoms with Crippen LogP contribution in [-0.2, 0) is 0 Å². The van der Waals surface area contributed by atoms with Gasteiger partial charge in [-0.1, -0.05) is 11.8 Å². The Morgan fingerprint density at radius 2 is 1.85 bits per heavy atom. The third-order valence-corrected chi connectivity index (χ3v) is 3.96. The van der Waals surface area contributed by atoms with Gasteiger partial charge in [-0.2, -0.15) is 0 Å². The van der Waals surface area contributed by atoms with E-state index in [2.05, 4.69) is 4.98 Å². The first-order valence-corrected chi connectivity index (χ1v) is 6.73. The van der Waals surface area contributed by atoms with Gasteiger partial charge in [-0.25, -0.2) is 8.78 Å². The molecule has 2 aromatic carbocycles. The van der Waals surface area contributed by atoms with Crippen molar-refractivity contribution in [1.82, 2.24) is 4.98 Å². The summed E-state index contributed by atoms with van der Waals surface area (Å²) in [5.41, 5.74) is 7.18. The van der Waals surface area contributed by atoms with Crippen molar-refractivity contribution in [1.29, 1.82) is 0 Å². The van der Waals surface area contributed by atoms with Crippen molar-refractivity contribution in [3.8, 4) is 0 Å². The summed E-state index contributed by atoms with van der Waals surface area (Å²) in [4.78, 5) is 5.23. The molecule has 0 fully saturated rings. The Morgan fingerprint density at radius 3 is 2.70 bits per heavy atom. The van der Waals surface area contributed by atoms with E-state index >= 15 is 0 Å². The Kier molecular flexibility index (Phi) is 3.28. The van der Waals surface area contributed by atoms with E-state index in [0.717, 1.165) is 34.2 Å². The minimum Gasteiger partial charge on any atom is -0.398 e. The van der Waals surface area contributed by atoms with Crippen molar-refractivity contribution in [2.45, 2.75) is 9.79 Å². The molecule has 0 radical (unpaired) electrons. The predicted molar refractivity (Wildman–Crippen MR) is 76.6 cm³/mol. The van der Waals surface area contributed by atoms with Crippen molar-refractivity contribution in [2.24, 2.45) is 0 Å². The summed E-state index contributed by atoms with van der Waals surface area (Å²) in [6.45, 7) is 0. The van der Waals surface area contributed by atoms with E-state index in [1.165, 1.54) is 6.07 Å². The number of nitrogens with zero attached hydrogens (tertiary/aromatic N) is 1. The smallest absolute Gasteiger partial charge is 0.137 e. The molecule has 0 saturated carbocycles. The molecule has 20 heavy (non-hydrogen) atoms. The molecular formula is C15H10F2N2S. The van der Waals surface area contributed by atoms with Gasteiger partial charge in [0.2, 0.25) is 0 Å². The molecular weight excluding hydrogens is 278 g/mol. The van der Waals surface area contributed by atoms with E-state index in [9.17, 15) is 8.78 Å². The highest BCUT2D eigenvalue weighted by Gasteiger charge is 2.10. The van der Waals surface area contributed by atoms with Crippen LogP contribution < -0.4 is 5.73 Å². The average molecular weight is 288 g/mol. The number of halogens is 2. The van der Waals surface area contributed by atoms with Crippen LogP contribution in [0.25, 0.3) is 10.9 Å². The third kappa shape index (κ3) is 2.32. The van der Waals surface area contributed by atoms with Gasteiger partial charge >= 0.3 is 0 Å². The Bertz CT molecular complexity index is 790. The number of aromatic nitrogens is 1. The summed E-state index contributed by atoms with van der Waals surface area (Å²) >= 11 is 1.13. The molecule has 0 aliphatic carbocycles. The van der Waals surface area contributed by atoms with Gasteiger partial charge < -0.3 is 5.73 Å². The molecule has 0 unspecified atom stereocenters. The number of rotatable bonds is 2. The Hall–Kier alpha value is -2.14. The summed E-state index contributed by atoms with van der Waals surface area (Å²) in [7, 11) is 0. The van der Waals surface area contributed by atoms with Crippen LogP contribution in [0.1, 0.15) is 0 Å². The number of nitrogens with two attached hydrogens (primary N) is 1. The fourth-order valence-electron chi connectivity index (χ4n) is 1.93. The molecule has 0 bridgehead atoms. The number of hydrogen-bond donors (Lipinski definition) is 1. The molecule has 3 aromatic rings. The summed E-state index contributed by atoms with van der Waals surface area (Å²) in [6.07, 6.45) is 1.65. The van der Waals surface area contributed by atoms with Crippen molar-refractivity contribution < 1.29 is 8.78 Å². The average Bonchev–Trinajstić information content (AvgIpc) is 2.46. The molecule has 1 aromatic heterocycles. The first-order valence-electron chi connectivity index (χ1n) is 5.91. The summed E-state index contributed by atoms with van der Waals surface area (Å²) in [6, 6.07) is 10.5. The molecule has 0 aliphatic heterocycles. The second-order valence-corrected chi connectivity index (χ2v) is 5.31. The Morgan fingerprint density at radius 1 is 1.00 bits per heavy atom. The van der Waals surface area contributed by atoms with Crippen molar-refractivity contribution in [3.63, 3.8) is 0 Å². The first kappa shape index (κ1) is 12.9. The van der Waals surface area contributed by atoms with Crippen LogP contribution in [-0.4, -0.2) is 4.98 Å². The Labute approximate surface area is 118 Å². The maximum atomic E-state index is 13.7. The third-order valence-electron chi connectivity index (χ3n) is 2.88. The fraction of sp³-hybridized carbons (Fsp3) is 0. The highest BCUT2D eigenvalue weighted by molar-refractivity contribution is 7.99. The molecule has 100 valence electrons. The topological polar surface area (TPSA) is 38.9 Å². The Balaban J connectivity index is 2.11. The number of nitrogen functional groups attached to an aromatic ring is 1. The van der Waals surface area contributed by atoms with Crippen molar-refractivity contribution in [3.05, 3.63) is 60.3 Å². The summed E-state index contributed by atoms with van der Waals surface area (Å²) < 4.78 is 26.9. The largest absolute Gasteiger partial charge is 0.398 e. The van der Waals surface area contributed by atoms with E-state index < -0.39 is 11.6 Å². The number of fused-ring (bicyclic) bond motifs is 1. The van der Waals surface area contributed by atoms with Crippen molar-refractivity contribution >= 4 is 28.4 Å². The SMILES string of the molecule is Nc1ccc(Sc2cc(F)ccc2F)c2ncccc12. The molecule has 0 atom stereocenters. The van der Waals surface area contributed by atoms with Crippen LogP contribution in [0, 0.1) is 11.6 Å². The van der Waals surface area contributed by atoms with Crippen molar-refractivity contribution in [2.75, 3.05) is 5.73 Å². The van der Waals surface area contributed by atoms with E-state index in [-0.39, 0.29) is 4.90 Å². The lowest BCUT2D eigenvalue weighted by Gasteiger charge is -2.08. The highest BCUT2D eigenvalue weighted by Crippen LogP contribution is 2.35. The van der Waals surface area contributed by atoms with Gasteiger partial charge in [0.05, 0.1) is 10.4 Å². The molecule has 0 spiro atoms. The second-order valence-electron chi connectivity index (χ2n) is 4.23. The number of pyridine rings is 1. The van der Waals surface area contributed by atoms with Gasteiger partial charge in [0.25, 0.3) is 0 Å². The van der Waals surface area contributed by atoms with Crippen LogP contribution in [0.3, 0.4) is 0 Å². The lowest BCUT2D eigenvalue weighted by Crippen LogP contribution is -1.91. The van der Waals surface area contributed by atoms with Crippen LogP contribution in [0.15, 0.2) is 58.5 Å². The predicted octanol–water partition coefficient (Wildman–Crippen LogP) is 4.25. The lowest BCUT2D eigenvalue weighted by molar-refractivity contribution is 0.577. The fourth-order valence-corrected chi connectivity index (χ4v) is 2.89. The van der Waals surface area contributed by atoms with Crippen LogP contribution >= 0.6 is 11.8 Å². The van der Waals surface area contributed by atoms with Gasteiger partial charge in [-0.3, -0.25) is 4.98 Å². The molecule has 2 N–H and O–H groups in total. The van der Waals surface area contributed by atoms with Gasteiger partial charge in [0.15, 0.2) is 0 Å². The molecule has 1 heterocycles. The van der Waals surface area contributed by atoms with Gasteiger partial charge in [-0.15, -0.1) is 0 Å². The zero-order valence-corrected chi connectivity index (χ0v) is 11.1. The molecule has 0 saturated heterocycles. The first-order chi connectivity index (χ1) is 9.65. The summed E-state index contributed by atoms with van der Waals surface area (Å²) in [5, 5.41) is 0.800. The lowest BCUT2D eigenvalue weighted by atomic mass is 10.2. The molecule has 0 amide bonds. The van der Waals surface area contributed by atoms with E-state index in [1.54, 1.807) is 24.4 Å². The normalized spacial score (nSPS) is 10.9. The maximum absolute atomic E-state index is 13.7. The van der Waals surface area contributed by atoms with Gasteiger partial charge in [0.1, 0.15) is 11.6 Å². The zero-order valence-electron chi connectivity index (χ0n) is 10.3. The van der Waals surface area contributed by atoms with Crippen LogP contribution in [0.5, 0.6) is 0 Å². The molecule has 0 aliphatic rings. The number of anilines is 1. The second kappa shape index (κ2) is 5.09. The van der Waals surface area contributed by atoms with Crippen LogP contribution in [0.4, 0.5) is 14.5 Å². The zero-order chi connectivity index (χ0) is 14.1.